The number of hydrogen-bond acceptors (Lipinski definition) is 3. The van der Waals surface area contributed by atoms with Crippen molar-refractivity contribution in [2.75, 3.05) is 20.1 Å². The van der Waals surface area contributed by atoms with Crippen LogP contribution in [-0.2, 0) is 9.53 Å². The Hall–Kier alpha value is -0.320. The van der Waals surface area contributed by atoms with Gasteiger partial charge in [0, 0.05) is 26.1 Å². The lowest BCUT2D eigenvalue weighted by molar-refractivity contribution is -0.132. The van der Waals surface area contributed by atoms with Crippen LogP contribution in [0.4, 0.5) is 0 Å². The van der Waals surface area contributed by atoms with E-state index in [0.717, 1.165) is 38.8 Å². The van der Waals surface area contributed by atoms with Gasteiger partial charge in [-0.15, -0.1) is 12.4 Å². The van der Waals surface area contributed by atoms with Gasteiger partial charge in [0.2, 0.25) is 5.91 Å². The standard InChI is InChI=1S/C13H24N2O2.ClH/c1-10-3-4-12(17-10)5-6-13(16)15(2)11-7-8-14-9-11;/h10-12,14H,3-9H2,1-2H3;1H. The van der Waals surface area contributed by atoms with Crippen molar-refractivity contribution in [3.63, 3.8) is 0 Å². The van der Waals surface area contributed by atoms with Crippen molar-refractivity contribution in [2.45, 2.75) is 57.3 Å². The number of nitrogens with zero attached hydrogens (tertiary/aromatic N) is 1. The summed E-state index contributed by atoms with van der Waals surface area (Å²) in [7, 11) is 1.93. The first-order chi connectivity index (χ1) is 8.16. The first-order valence-corrected chi connectivity index (χ1v) is 6.78. The smallest absolute Gasteiger partial charge is 0.222 e. The molecule has 0 bridgehead atoms. The number of nitrogens with one attached hydrogen (secondary N) is 1. The summed E-state index contributed by atoms with van der Waals surface area (Å²) in [6.45, 7) is 4.09. The maximum absolute atomic E-state index is 12.0. The van der Waals surface area contributed by atoms with Gasteiger partial charge in [0.1, 0.15) is 0 Å². The van der Waals surface area contributed by atoms with Gasteiger partial charge in [0.25, 0.3) is 0 Å². The van der Waals surface area contributed by atoms with Crippen LogP contribution in [0.15, 0.2) is 0 Å². The second kappa shape index (κ2) is 7.31. The molecule has 0 saturated carbocycles. The Morgan fingerprint density at radius 3 is 2.72 bits per heavy atom. The molecule has 2 saturated heterocycles. The van der Waals surface area contributed by atoms with Crippen molar-refractivity contribution < 1.29 is 9.53 Å². The van der Waals surface area contributed by atoms with Gasteiger partial charge in [-0.05, 0) is 39.2 Å². The van der Waals surface area contributed by atoms with E-state index in [2.05, 4.69) is 12.2 Å². The number of likely N-dealkylation sites (N-methyl/N-ethyl adjacent to an activating group) is 1. The lowest BCUT2D eigenvalue weighted by Crippen LogP contribution is -2.38. The summed E-state index contributed by atoms with van der Waals surface area (Å²) in [6, 6.07) is 0.394. The highest BCUT2D eigenvalue weighted by atomic mass is 35.5. The van der Waals surface area contributed by atoms with Crippen molar-refractivity contribution in [2.24, 2.45) is 0 Å². The Morgan fingerprint density at radius 2 is 2.17 bits per heavy atom. The van der Waals surface area contributed by atoms with E-state index < -0.39 is 0 Å². The molecule has 5 heteroatoms. The zero-order valence-electron chi connectivity index (χ0n) is 11.4. The van der Waals surface area contributed by atoms with E-state index in [1.165, 1.54) is 0 Å². The van der Waals surface area contributed by atoms with Crippen molar-refractivity contribution in [1.82, 2.24) is 10.2 Å². The van der Waals surface area contributed by atoms with Crippen LogP contribution in [-0.4, -0.2) is 49.2 Å². The Balaban J connectivity index is 0.00000162. The third-order valence-electron chi connectivity index (χ3n) is 3.98. The van der Waals surface area contributed by atoms with Crippen LogP contribution in [0.5, 0.6) is 0 Å². The molecular weight excluding hydrogens is 252 g/mol. The summed E-state index contributed by atoms with van der Waals surface area (Å²) in [6.07, 6.45) is 5.54. The van der Waals surface area contributed by atoms with Crippen LogP contribution >= 0.6 is 12.4 Å². The number of amides is 1. The lowest BCUT2D eigenvalue weighted by atomic mass is 10.1. The summed E-state index contributed by atoms with van der Waals surface area (Å²) in [5.74, 6) is 0.266. The fraction of sp³-hybridized carbons (Fsp3) is 0.923. The van der Waals surface area contributed by atoms with Gasteiger partial charge in [0.15, 0.2) is 0 Å². The molecule has 18 heavy (non-hydrogen) atoms. The molecule has 0 radical (unpaired) electrons. The van der Waals surface area contributed by atoms with E-state index in [0.29, 0.717) is 24.7 Å². The molecular formula is C13H25ClN2O2. The molecule has 0 aliphatic carbocycles. The molecule has 0 aromatic rings. The number of rotatable bonds is 4. The van der Waals surface area contributed by atoms with E-state index in [1.54, 1.807) is 0 Å². The Morgan fingerprint density at radius 1 is 1.39 bits per heavy atom. The molecule has 4 nitrogen and oxygen atoms in total. The molecule has 2 rings (SSSR count). The summed E-state index contributed by atoms with van der Waals surface area (Å²) in [5, 5.41) is 3.29. The molecule has 1 amide bonds. The molecule has 106 valence electrons. The number of ether oxygens (including phenoxy) is 1. The van der Waals surface area contributed by atoms with Crippen molar-refractivity contribution in [1.29, 1.82) is 0 Å². The van der Waals surface area contributed by atoms with Gasteiger partial charge in [0.05, 0.1) is 12.2 Å². The van der Waals surface area contributed by atoms with E-state index in [9.17, 15) is 4.79 Å². The molecule has 3 unspecified atom stereocenters. The number of carbonyl (C=O) groups excluding carboxylic acids is 1. The molecule has 0 spiro atoms. The highest BCUT2D eigenvalue weighted by Gasteiger charge is 2.26. The largest absolute Gasteiger partial charge is 0.375 e. The van der Waals surface area contributed by atoms with Gasteiger partial charge in [-0.1, -0.05) is 0 Å². The monoisotopic (exact) mass is 276 g/mol. The maximum atomic E-state index is 12.0. The molecule has 0 aromatic heterocycles. The predicted octanol–water partition coefficient (Wildman–Crippen LogP) is 1.58. The van der Waals surface area contributed by atoms with E-state index in [-0.39, 0.29) is 18.3 Å². The first-order valence-electron chi connectivity index (χ1n) is 6.78. The lowest BCUT2D eigenvalue weighted by Gasteiger charge is -2.24. The number of hydrogen-bond donors (Lipinski definition) is 1. The third-order valence-corrected chi connectivity index (χ3v) is 3.98. The van der Waals surface area contributed by atoms with Crippen LogP contribution in [0.3, 0.4) is 0 Å². The zero-order valence-corrected chi connectivity index (χ0v) is 12.2. The second-order valence-electron chi connectivity index (χ2n) is 5.34. The normalized spacial score (nSPS) is 31.1. The van der Waals surface area contributed by atoms with Crippen molar-refractivity contribution in [3.8, 4) is 0 Å². The molecule has 2 fully saturated rings. The van der Waals surface area contributed by atoms with Crippen LogP contribution in [0.25, 0.3) is 0 Å². The first kappa shape index (κ1) is 15.7. The third kappa shape index (κ3) is 4.11. The average molecular weight is 277 g/mol. The SMILES string of the molecule is CC1CCC(CCC(=O)N(C)C2CCNC2)O1.Cl. The van der Waals surface area contributed by atoms with Crippen molar-refractivity contribution in [3.05, 3.63) is 0 Å². The van der Waals surface area contributed by atoms with Gasteiger partial charge < -0.3 is 15.0 Å². The Labute approximate surface area is 116 Å². The van der Waals surface area contributed by atoms with E-state index in [4.69, 9.17) is 4.74 Å². The van der Waals surface area contributed by atoms with Crippen LogP contribution in [0.1, 0.15) is 39.0 Å². The highest BCUT2D eigenvalue weighted by Crippen LogP contribution is 2.23. The Bertz CT molecular complexity index is 270. The maximum Gasteiger partial charge on any atom is 0.222 e. The molecule has 2 aliphatic heterocycles. The topological polar surface area (TPSA) is 41.6 Å². The fourth-order valence-corrected chi connectivity index (χ4v) is 2.73. The van der Waals surface area contributed by atoms with Gasteiger partial charge >= 0.3 is 0 Å². The molecule has 2 heterocycles. The Kier molecular flexibility index (Phi) is 6.39. The minimum Gasteiger partial charge on any atom is -0.375 e. The summed E-state index contributed by atoms with van der Waals surface area (Å²) in [5.41, 5.74) is 0. The van der Waals surface area contributed by atoms with Crippen LogP contribution < -0.4 is 5.32 Å². The molecule has 3 atom stereocenters. The van der Waals surface area contributed by atoms with E-state index in [1.807, 2.05) is 11.9 Å². The minimum absolute atomic E-state index is 0. The predicted molar refractivity (Wildman–Crippen MR) is 74.1 cm³/mol. The van der Waals surface area contributed by atoms with Crippen LogP contribution in [0, 0.1) is 0 Å². The van der Waals surface area contributed by atoms with Gasteiger partial charge in [-0.3, -0.25) is 4.79 Å². The molecule has 1 N–H and O–H groups in total. The van der Waals surface area contributed by atoms with E-state index >= 15 is 0 Å². The van der Waals surface area contributed by atoms with Gasteiger partial charge in [-0.25, -0.2) is 0 Å². The summed E-state index contributed by atoms with van der Waals surface area (Å²) in [4.78, 5) is 13.9. The minimum atomic E-state index is 0. The average Bonchev–Trinajstić information content (AvgIpc) is 2.95. The second-order valence-corrected chi connectivity index (χ2v) is 5.34. The fourth-order valence-electron chi connectivity index (χ4n) is 2.73. The quantitative estimate of drug-likeness (QED) is 0.848. The van der Waals surface area contributed by atoms with Crippen molar-refractivity contribution >= 4 is 18.3 Å². The summed E-state index contributed by atoms with van der Waals surface area (Å²) < 4.78 is 5.73. The van der Waals surface area contributed by atoms with Gasteiger partial charge in [-0.2, -0.15) is 0 Å². The molecule has 2 aliphatic rings. The molecule has 0 aromatic carbocycles. The van der Waals surface area contributed by atoms with Crippen LogP contribution in [0.2, 0.25) is 0 Å². The number of halogens is 1. The highest BCUT2D eigenvalue weighted by molar-refractivity contribution is 5.85. The summed E-state index contributed by atoms with van der Waals surface area (Å²) >= 11 is 0. The zero-order chi connectivity index (χ0) is 12.3. The number of carbonyl (C=O) groups is 1.